The van der Waals surface area contributed by atoms with Crippen molar-refractivity contribution in [1.82, 2.24) is 10.3 Å². The molecule has 0 unspecified atom stereocenters. The van der Waals surface area contributed by atoms with E-state index in [0.29, 0.717) is 18.5 Å². The minimum atomic E-state index is -4.43. The Bertz CT molecular complexity index is 727. The highest BCUT2D eigenvalue weighted by Crippen LogP contribution is 2.32. The summed E-state index contributed by atoms with van der Waals surface area (Å²) in [6.45, 7) is 0. The molecule has 0 fully saturated rings. The van der Waals surface area contributed by atoms with E-state index in [1.54, 1.807) is 0 Å². The lowest BCUT2D eigenvalue weighted by atomic mass is 10.1. The molecule has 1 aliphatic rings. The van der Waals surface area contributed by atoms with Gasteiger partial charge in [0, 0.05) is 6.04 Å². The van der Waals surface area contributed by atoms with E-state index in [1.165, 1.54) is 37.5 Å². The van der Waals surface area contributed by atoms with Crippen LogP contribution in [0.15, 0.2) is 30.5 Å². The third kappa shape index (κ3) is 3.73. The summed E-state index contributed by atoms with van der Waals surface area (Å²) < 4.78 is 65.2. The first-order valence-corrected chi connectivity index (χ1v) is 7.71. The number of aromatic nitrogens is 1. The van der Waals surface area contributed by atoms with Crippen LogP contribution in [0.5, 0.6) is 0 Å². The maximum atomic E-state index is 13.3. The number of alkyl halides is 3. The molecule has 0 spiro atoms. The molecule has 1 aromatic heterocycles. The van der Waals surface area contributed by atoms with Crippen molar-refractivity contribution in [2.24, 2.45) is 0 Å². The second kappa shape index (κ2) is 6.59. The lowest BCUT2D eigenvalue weighted by molar-refractivity contribution is -0.157. The maximum absolute atomic E-state index is 13.3. The van der Waals surface area contributed by atoms with Gasteiger partial charge < -0.3 is 10.6 Å². The number of hydrogen-bond donors (Lipinski definition) is 2. The highest BCUT2D eigenvalue weighted by molar-refractivity contribution is 5.46. The van der Waals surface area contributed by atoms with Crippen molar-refractivity contribution in [1.29, 1.82) is 0 Å². The molecule has 3 nitrogen and oxygen atoms in total. The molecule has 0 amide bonds. The number of hydrogen-bond acceptors (Lipinski definition) is 3. The van der Waals surface area contributed by atoms with E-state index >= 15 is 0 Å². The van der Waals surface area contributed by atoms with Crippen LogP contribution in [0.1, 0.15) is 22.9 Å². The zero-order valence-electron chi connectivity index (χ0n) is 13.3. The molecule has 0 radical (unpaired) electrons. The minimum Gasteiger partial charge on any atom is -0.380 e. The lowest BCUT2D eigenvalue weighted by Gasteiger charge is -2.19. The van der Waals surface area contributed by atoms with Crippen molar-refractivity contribution in [3.63, 3.8) is 0 Å². The predicted octanol–water partition coefficient (Wildman–Crippen LogP) is 3.76. The van der Waals surface area contributed by atoms with Gasteiger partial charge in [-0.05, 0) is 55.3 Å². The van der Waals surface area contributed by atoms with Crippen LogP contribution >= 0.6 is 0 Å². The van der Waals surface area contributed by atoms with Crippen LogP contribution < -0.4 is 10.6 Å². The van der Waals surface area contributed by atoms with E-state index in [1.807, 2.05) is 0 Å². The third-order valence-electron chi connectivity index (χ3n) is 4.24. The van der Waals surface area contributed by atoms with Gasteiger partial charge in [-0.15, -0.1) is 0 Å². The monoisotopic (exact) mass is 357 g/mol. The van der Waals surface area contributed by atoms with Gasteiger partial charge in [-0.1, -0.05) is 0 Å². The quantitative estimate of drug-likeness (QED) is 0.818. The molecule has 0 saturated heterocycles. The maximum Gasteiger partial charge on any atom is 0.409 e. The van der Waals surface area contributed by atoms with Gasteiger partial charge in [0.25, 0.3) is 0 Å². The van der Waals surface area contributed by atoms with Crippen molar-refractivity contribution in [3.05, 3.63) is 58.9 Å². The molecule has 0 saturated carbocycles. The van der Waals surface area contributed by atoms with Crippen LogP contribution in [0, 0.1) is 11.6 Å². The summed E-state index contributed by atoms with van der Waals surface area (Å²) in [5.41, 5.74) is 1.89. The molecule has 3 rings (SSSR count). The van der Waals surface area contributed by atoms with Crippen LogP contribution in [0.3, 0.4) is 0 Å². The van der Waals surface area contributed by atoms with Crippen LogP contribution in [0.2, 0.25) is 0 Å². The largest absolute Gasteiger partial charge is 0.409 e. The van der Waals surface area contributed by atoms with Gasteiger partial charge in [0.05, 0.1) is 17.6 Å². The van der Waals surface area contributed by atoms with Crippen molar-refractivity contribution >= 4 is 5.69 Å². The average molecular weight is 357 g/mol. The second-order valence-electron chi connectivity index (χ2n) is 6.02. The first-order chi connectivity index (χ1) is 11.8. The van der Waals surface area contributed by atoms with Gasteiger partial charge in [0.2, 0.25) is 0 Å². The molecular weight excluding hydrogens is 341 g/mol. The van der Waals surface area contributed by atoms with Gasteiger partial charge in [-0.2, -0.15) is 13.2 Å². The summed E-state index contributed by atoms with van der Waals surface area (Å²) >= 11 is 0. The summed E-state index contributed by atoms with van der Waals surface area (Å²) in [7, 11) is 1.22. The van der Waals surface area contributed by atoms with Gasteiger partial charge in [0.15, 0.2) is 11.6 Å². The average Bonchev–Trinajstić information content (AvgIpc) is 2.90. The zero-order chi connectivity index (χ0) is 18.2. The van der Waals surface area contributed by atoms with Crippen molar-refractivity contribution in [2.75, 3.05) is 12.4 Å². The summed E-state index contributed by atoms with van der Waals surface area (Å²) in [5.74, 6) is -1.76. The molecule has 1 heterocycles. The topological polar surface area (TPSA) is 37.0 Å². The number of nitrogens with zero attached hydrogens (tertiary/aromatic N) is 1. The number of rotatable bonds is 4. The normalized spacial score (nSPS) is 15.9. The number of halogens is 5. The first kappa shape index (κ1) is 17.6. The Balaban J connectivity index is 1.69. The number of pyridine rings is 1. The highest BCUT2D eigenvalue weighted by Gasteiger charge is 2.40. The standard InChI is InChI=1S/C17H16F5N3/c1-23-16(17(20,21)22)15-3-2-11(8-24-15)25-12-4-9-6-13(18)14(19)7-10(9)5-12/h2-3,6-8,12,16,23,25H,4-5H2,1H3/t16-/m0/s1. The Morgan fingerprint density at radius 1 is 1.08 bits per heavy atom. The molecule has 1 aromatic carbocycles. The highest BCUT2D eigenvalue weighted by atomic mass is 19.4. The second-order valence-corrected chi connectivity index (χ2v) is 6.02. The van der Waals surface area contributed by atoms with Gasteiger partial charge in [0.1, 0.15) is 6.04 Å². The Morgan fingerprint density at radius 3 is 2.12 bits per heavy atom. The molecule has 0 bridgehead atoms. The van der Waals surface area contributed by atoms with Crippen LogP contribution in [-0.2, 0) is 12.8 Å². The summed E-state index contributed by atoms with van der Waals surface area (Å²) in [5, 5.41) is 5.33. The first-order valence-electron chi connectivity index (χ1n) is 7.71. The van der Waals surface area contributed by atoms with Crippen molar-refractivity contribution in [2.45, 2.75) is 31.1 Å². The minimum absolute atomic E-state index is 0.0911. The Morgan fingerprint density at radius 2 is 1.68 bits per heavy atom. The smallest absolute Gasteiger partial charge is 0.380 e. The van der Waals surface area contributed by atoms with Gasteiger partial charge in [-0.25, -0.2) is 8.78 Å². The van der Waals surface area contributed by atoms with E-state index in [-0.39, 0.29) is 11.7 Å². The van der Waals surface area contributed by atoms with Crippen LogP contribution in [0.25, 0.3) is 0 Å². The molecule has 1 aliphatic carbocycles. The molecule has 134 valence electrons. The molecule has 2 aromatic rings. The number of anilines is 1. The predicted molar refractivity (Wildman–Crippen MR) is 83.3 cm³/mol. The summed E-state index contributed by atoms with van der Waals surface area (Å²) in [4.78, 5) is 3.87. The number of fused-ring (bicyclic) bond motifs is 1. The zero-order valence-corrected chi connectivity index (χ0v) is 13.3. The molecule has 2 N–H and O–H groups in total. The Labute approximate surface area is 141 Å². The SMILES string of the molecule is CN[C@@H](c1ccc(NC2Cc3cc(F)c(F)cc3C2)cn1)C(F)(F)F. The van der Waals surface area contributed by atoms with E-state index in [9.17, 15) is 22.0 Å². The molecule has 8 heteroatoms. The molecular formula is C17H16F5N3. The molecule has 1 atom stereocenters. The van der Waals surface area contributed by atoms with Crippen LogP contribution in [-0.4, -0.2) is 24.2 Å². The number of nitrogens with one attached hydrogen (secondary N) is 2. The lowest BCUT2D eigenvalue weighted by Crippen LogP contribution is -2.32. The van der Waals surface area contributed by atoms with Gasteiger partial charge >= 0.3 is 6.18 Å². The Hall–Kier alpha value is -2.22. The van der Waals surface area contributed by atoms with Gasteiger partial charge in [-0.3, -0.25) is 4.98 Å². The van der Waals surface area contributed by atoms with E-state index in [0.717, 1.165) is 11.1 Å². The summed E-state index contributed by atoms with van der Waals surface area (Å²) in [6.07, 6.45) is -2.08. The molecule has 0 aliphatic heterocycles. The number of benzene rings is 1. The van der Waals surface area contributed by atoms with E-state index in [2.05, 4.69) is 15.6 Å². The van der Waals surface area contributed by atoms with Crippen molar-refractivity contribution in [3.8, 4) is 0 Å². The van der Waals surface area contributed by atoms with E-state index < -0.39 is 23.9 Å². The fraction of sp³-hybridized carbons (Fsp3) is 0.353. The molecule has 25 heavy (non-hydrogen) atoms. The van der Waals surface area contributed by atoms with E-state index in [4.69, 9.17) is 0 Å². The Kier molecular flexibility index (Phi) is 4.64. The fourth-order valence-corrected chi connectivity index (χ4v) is 3.09. The summed E-state index contributed by atoms with van der Waals surface area (Å²) in [6, 6.07) is 3.28. The third-order valence-corrected chi connectivity index (χ3v) is 4.24. The fourth-order valence-electron chi connectivity index (χ4n) is 3.09. The van der Waals surface area contributed by atoms with Crippen LogP contribution in [0.4, 0.5) is 27.6 Å². The van der Waals surface area contributed by atoms with Crippen molar-refractivity contribution < 1.29 is 22.0 Å².